The van der Waals surface area contributed by atoms with Gasteiger partial charge in [-0.1, -0.05) is 0 Å². The van der Waals surface area contributed by atoms with Gasteiger partial charge in [0.1, 0.15) is 6.61 Å². The van der Waals surface area contributed by atoms with E-state index in [0.717, 1.165) is 23.8 Å². The number of aryl methyl sites for hydroxylation is 1. The van der Waals surface area contributed by atoms with Gasteiger partial charge in [-0.25, -0.2) is 4.98 Å². The maximum absolute atomic E-state index is 12.8. The molecule has 0 radical (unpaired) electrons. The lowest BCUT2D eigenvalue weighted by atomic mass is 10.1. The molecule has 1 aliphatic rings. The highest BCUT2D eigenvalue weighted by molar-refractivity contribution is 7.09. The summed E-state index contributed by atoms with van der Waals surface area (Å²) in [5.41, 5.74) is 1.50. The highest BCUT2D eigenvalue weighted by atomic mass is 32.1. The molecule has 1 atom stereocenters. The van der Waals surface area contributed by atoms with E-state index < -0.39 is 0 Å². The Hall–Kier alpha value is -2.12. The molecule has 0 bridgehead atoms. The van der Waals surface area contributed by atoms with Gasteiger partial charge in [0, 0.05) is 36.6 Å². The molecule has 2 heterocycles. The van der Waals surface area contributed by atoms with E-state index in [1.807, 2.05) is 17.2 Å². The fraction of sp³-hybridized carbons (Fsp3) is 0.444. The molecular weight excluding hydrogens is 338 g/mol. The quantitative estimate of drug-likeness (QED) is 0.886. The summed E-state index contributed by atoms with van der Waals surface area (Å²) in [6.45, 7) is 6.74. The zero-order valence-electron chi connectivity index (χ0n) is 14.7. The average Bonchev–Trinajstić information content (AvgIpc) is 3.05. The van der Waals surface area contributed by atoms with Crippen molar-refractivity contribution in [3.63, 3.8) is 0 Å². The summed E-state index contributed by atoms with van der Waals surface area (Å²) >= 11 is 1.59. The molecule has 1 aliphatic heterocycles. The van der Waals surface area contributed by atoms with Gasteiger partial charge in [0.15, 0.2) is 11.5 Å². The van der Waals surface area contributed by atoms with Crippen molar-refractivity contribution >= 4 is 17.2 Å². The number of methoxy groups -OCH3 is 1. The molecule has 7 heteroatoms. The molecule has 2 aromatic rings. The lowest BCUT2D eigenvalue weighted by Gasteiger charge is -2.34. The second-order valence-corrected chi connectivity index (χ2v) is 7.13. The first-order valence-corrected chi connectivity index (χ1v) is 9.20. The van der Waals surface area contributed by atoms with Gasteiger partial charge < -0.3 is 19.7 Å². The van der Waals surface area contributed by atoms with Crippen LogP contribution in [0.1, 0.15) is 28.0 Å². The molecule has 1 saturated heterocycles. The highest BCUT2D eigenvalue weighted by Gasteiger charge is 2.24. The number of thiazole rings is 1. The third kappa shape index (κ3) is 4.11. The van der Waals surface area contributed by atoms with Crippen LogP contribution in [0.5, 0.6) is 11.5 Å². The first kappa shape index (κ1) is 17.7. The molecule has 3 rings (SSSR count). The number of benzene rings is 1. The number of hydrogen-bond acceptors (Lipinski definition) is 6. The Morgan fingerprint density at radius 2 is 2.28 bits per heavy atom. The van der Waals surface area contributed by atoms with Crippen LogP contribution >= 0.6 is 11.3 Å². The highest BCUT2D eigenvalue weighted by Crippen LogP contribution is 2.29. The van der Waals surface area contributed by atoms with E-state index in [1.54, 1.807) is 36.6 Å². The van der Waals surface area contributed by atoms with Crippen LogP contribution in [-0.4, -0.2) is 48.6 Å². The fourth-order valence-electron chi connectivity index (χ4n) is 2.85. The van der Waals surface area contributed by atoms with Gasteiger partial charge >= 0.3 is 0 Å². The van der Waals surface area contributed by atoms with Crippen molar-refractivity contribution in [1.82, 2.24) is 15.2 Å². The Morgan fingerprint density at radius 3 is 2.96 bits per heavy atom. The zero-order valence-corrected chi connectivity index (χ0v) is 15.6. The minimum Gasteiger partial charge on any atom is -0.493 e. The van der Waals surface area contributed by atoms with E-state index in [-0.39, 0.29) is 11.9 Å². The first-order chi connectivity index (χ1) is 12.1. The lowest BCUT2D eigenvalue weighted by Crippen LogP contribution is -2.52. The van der Waals surface area contributed by atoms with Crippen molar-refractivity contribution in [2.75, 3.05) is 26.7 Å². The van der Waals surface area contributed by atoms with E-state index >= 15 is 0 Å². The van der Waals surface area contributed by atoms with Crippen molar-refractivity contribution < 1.29 is 14.3 Å². The number of ether oxygens (including phenoxy) is 2. The van der Waals surface area contributed by atoms with E-state index in [1.165, 1.54) is 0 Å². The zero-order chi connectivity index (χ0) is 17.8. The molecule has 0 aliphatic carbocycles. The Bertz CT molecular complexity index is 747. The summed E-state index contributed by atoms with van der Waals surface area (Å²) in [5, 5.41) is 6.28. The van der Waals surface area contributed by atoms with E-state index in [2.05, 4.69) is 17.2 Å². The van der Waals surface area contributed by atoms with Gasteiger partial charge in [-0.3, -0.25) is 4.79 Å². The van der Waals surface area contributed by atoms with Crippen molar-refractivity contribution in [3.05, 3.63) is 39.8 Å². The topological polar surface area (TPSA) is 63.7 Å². The van der Waals surface area contributed by atoms with E-state index in [9.17, 15) is 4.79 Å². The molecular formula is C18H23N3O3S. The van der Waals surface area contributed by atoms with Crippen LogP contribution in [0.15, 0.2) is 23.6 Å². The largest absolute Gasteiger partial charge is 0.493 e. The third-order valence-corrected chi connectivity index (χ3v) is 5.04. The average molecular weight is 361 g/mol. The maximum atomic E-state index is 12.8. The summed E-state index contributed by atoms with van der Waals surface area (Å²) < 4.78 is 11.2. The number of carbonyl (C=O) groups is 1. The third-order valence-electron chi connectivity index (χ3n) is 4.21. The van der Waals surface area contributed by atoms with Gasteiger partial charge in [-0.2, -0.15) is 0 Å². The molecule has 6 nitrogen and oxygen atoms in total. The predicted molar refractivity (Wildman–Crippen MR) is 97.5 cm³/mol. The van der Waals surface area contributed by atoms with E-state index in [4.69, 9.17) is 9.47 Å². The molecule has 1 aromatic carbocycles. The fourth-order valence-corrected chi connectivity index (χ4v) is 3.45. The molecule has 1 aromatic heterocycles. The monoisotopic (exact) mass is 361 g/mol. The summed E-state index contributed by atoms with van der Waals surface area (Å²) in [6.07, 6.45) is 0. The van der Waals surface area contributed by atoms with Crippen LogP contribution in [0.4, 0.5) is 0 Å². The Labute approximate surface area is 151 Å². The molecule has 134 valence electrons. The number of nitrogens with zero attached hydrogens (tertiary/aromatic N) is 2. The molecule has 1 fully saturated rings. The molecule has 1 unspecified atom stereocenters. The minimum absolute atomic E-state index is 0.0222. The number of amides is 1. The lowest BCUT2D eigenvalue weighted by molar-refractivity contribution is 0.0655. The molecule has 0 spiro atoms. The van der Waals surface area contributed by atoms with Gasteiger partial charge in [0.05, 0.1) is 17.8 Å². The van der Waals surface area contributed by atoms with Crippen LogP contribution in [-0.2, 0) is 6.61 Å². The Kier molecular flexibility index (Phi) is 5.55. The number of rotatable bonds is 5. The normalized spacial score (nSPS) is 17.4. The van der Waals surface area contributed by atoms with Crippen molar-refractivity contribution in [1.29, 1.82) is 0 Å². The number of piperazine rings is 1. The van der Waals surface area contributed by atoms with Gasteiger partial charge in [-0.15, -0.1) is 11.3 Å². The van der Waals surface area contributed by atoms with Gasteiger partial charge in [0.2, 0.25) is 0 Å². The van der Waals surface area contributed by atoms with Crippen LogP contribution in [0.2, 0.25) is 0 Å². The second kappa shape index (κ2) is 7.84. The van der Waals surface area contributed by atoms with Gasteiger partial charge in [-0.05, 0) is 32.0 Å². The van der Waals surface area contributed by atoms with Crippen LogP contribution < -0.4 is 14.8 Å². The minimum atomic E-state index is 0.0222. The van der Waals surface area contributed by atoms with E-state index in [0.29, 0.717) is 30.2 Å². The van der Waals surface area contributed by atoms with Crippen LogP contribution in [0.25, 0.3) is 0 Å². The molecule has 0 saturated carbocycles. The summed E-state index contributed by atoms with van der Waals surface area (Å²) in [6, 6.07) is 5.51. The first-order valence-electron chi connectivity index (χ1n) is 8.32. The van der Waals surface area contributed by atoms with Gasteiger partial charge in [0.25, 0.3) is 5.91 Å². The van der Waals surface area contributed by atoms with Crippen molar-refractivity contribution in [2.24, 2.45) is 0 Å². The standard InChI is InChI=1S/C18H23N3O3S/c1-12-9-19-6-7-21(12)18(22)14-4-5-16(17(8-14)23-3)24-10-15-11-25-13(2)20-15/h4-5,8,11-12,19H,6-7,9-10H2,1-3H3. The number of carbonyl (C=O) groups excluding carboxylic acids is 1. The molecule has 1 N–H and O–H groups in total. The van der Waals surface area contributed by atoms with Crippen LogP contribution in [0, 0.1) is 6.92 Å². The Morgan fingerprint density at radius 1 is 1.44 bits per heavy atom. The van der Waals surface area contributed by atoms with Crippen molar-refractivity contribution in [2.45, 2.75) is 26.5 Å². The second-order valence-electron chi connectivity index (χ2n) is 6.06. The van der Waals surface area contributed by atoms with Crippen molar-refractivity contribution in [3.8, 4) is 11.5 Å². The Balaban J connectivity index is 1.73. The maximum Gasteiger partial charge on any atom is 0.254 e. The smallest absolute Gasteiger partial charge is 0.254 e. The number of nitrogens with one attached hydrogen (secondary N) is 1. The molecule has 1 amide bonds. The molecule has 25 heavy (non-hydrogen) atoms. The number of aromatic nitrogens is 1. The van der Waals surface area contributed by atoms with Crippen LogP contribution in [0.3, 0.4) is 0 Å². The summed E-state index contributed by atoms with van der Waals surface area (Å²) in [5.74, 6) is 1.19. The SMILES string of the molecule is COc1cc(C(=O)N2CCNCC2C)ccc1OCc1csc(C)n1. The summed E-state index contributed by atoms with van der Waals surface area (Å²) in [4.78, 5) is 19.0. The predicted octanol–water partition coefficient (Wildman–Crippen LogP) is 2.47. The number of hydrogen-bond donors (Lipinski definition) is 1. The summed E-state index contributed by atoms with van der Waals surface area (Å²) in [7, 11) is 1.58.